The topological polar surface area (TPSA) is 199 Å². The van der Waals surface area contributed by atoms with Crippen molar-refractivity contribution in [3.8, 4) is 0 Å². The summed E-state index contributed by atoms with van der Waals surface area (Å²) in [6.45, 7) is 20.2. The van der Waals surface area contributed by atoms with Crippen LogP contribution in [0.25, 0.3) is 0 Å². The molecule has 0 bridgehead atoms. The number of rotatable bonds is 11. The number of Topliss-reactive ketones (excluding diaryl/α,β-unsaturated/α-hetero) is 1. The number of methoxy groups -OCH3 is 2. The van der Waals surface area contributed by atoms with Crippen molar-refractivity contribution in [3.05, 3.63) is 30.4 Å². The smallest absolute Gasteiger partial charge is 0.420 e. The van der Waals surface area contributed by atoms with Gasteiger partial charge in [0.1, 0.15) is 18.0 Å². The van der Waals surface area contributed by atoms with E-state index in [0.717, 1.165) is 4.57 Å². The van der Waals surface area contributed by atoms with Gasteiger partial charge in [-0.3, -0.25) is 19.2 Å². The zero-order chi connectivity index (χ0) is 48.1. The average molecular weight is 908 g/mol. The number of carbonyl (C=O) groups is 5. The summed E-state index contributed by atoms with van der Waals surface area (Å²) in [5, 5.41) is 0. The molecule has 0 aliphatic carbocycles. The van der Waals surface area contributed by atoms with Crippen molar-refractivity contribution >= 4 is 29.8 Å². The highest BCUT2D eigenvalue weighted by molar-refractivity contribution is 5.96. The van der Waals surface area contributed by atoms with E-state index in [1.54, 1.807) is 48.5 Å². The quantitative estimate of drug-likeness (QED) is 0.201. The second kappa shape index (κ2) is 21.7. The van der Waals surface area contributed by atoms with Crippen LogP contribution in [0, 0.1) is 17.8 Å². The molecule has 0 spiro atoms. The maximum Gasteiger partial charge on any atom is 0.420 e. The summed E-state index contributed by atoms with van der Waals surface area (Å²) < 4.78 is 64.5. The van der Waals surface area contributed by atoms with Gasteiger partial charge in [-0.05, 0) is 93.5 Å². The van der Waals surface area contributed by atoms with Gasteiger partial charge in [0, 0.05) is 58.7 Å². The maximum absolute atomic E-state index is 14.8. The van der Waals surface area contributed by atoms with Crippen molar-refractivity contribution in [1.29, 1.82) is 0 Å². The van der Waals surface area contributed by atoms with Crippen LogP contribution in [0.3, 0.4) is 0 Å². The van der Waals surface area contributed by atoms with Crippen molar-refractivity contribution in [2.45, 2.75) is 187 Å². The summed E-state index contributed by atoms with van der Waals surface area (Å²) in [7, 11) is 6.80. The Kier molecular flexibility index (Phi) is 17.9. The van der Waals surface area contributed by atoms with Gasteiger partial charge < -0.3 is 52.3 Å². The Hall–Kier alpha value is -3.78. The zero-order valence-corrected chi connectivity index (χ0v) is 40.6. The van der Waals surface area contributed by atoms with Crippen molar-refractivity contribution in [2.75, 3.05) is 28.3 Å². The van der Waals surface area contributed by atoms with Crippen LogP contribution in [-0.2, 0) is 66.5 Å². The van der Waals surface area contributed by atoms with Crippen molar-refractivity contribution in [1.82, 2.24) is 14.5 Å². The number of ether oxygens (including phenoxy) is 10. The lowest BCUT2D eigenvalue weighted by molar-refractivity contribution is -0.320. The SMILES string of the molecule is CCC1OC(=O)[C@H](C)[C@@H](O[C@H]2C[C@@](C)(OC)[C@@H](OC(C)=O)[C@H](C)O2)[C@H](C)[C@@H](O[C@@H]2O[C@H](C)C[C@H](N(C)C)[C@H]2OC(C)=O)[C@@](C)(OC)C[C@@H](C)C(=O)/C(C)=C/[C@]1(C)OC(=O)n1ccnc1. The maximum atomic E-state index is 14.8. The molecular weight excluding hydrogens is 835 g/mol. The van der Waals surface area contributed by atoms with E-state index in [1.165, 1.54) is 52.9 Å². The van der Waals surface area contributed by atoms with E-state index < -0.39 is 108 Å². The average Bonchev–Trinajstić information content (AvgIpc) is 3.77. The Morgan fingerprint density at radius 3 is 2.06 bits per heavy atom. The third kappa shape index (κ3) is 12.2. The summed E-state index contributed by atoms with van der Waals surface area (Å²) in [4.78, 5) is 73.6. The molecule has 16 atom stereocenters. The minimum atomic E-state index is -1.63. The number of likely N-dealkylation sites (N-methyl/N-ethyl adjacent to an activating group) is 1. The van der Waals surface area contributed by atoms with Gasteiger partial charge >= 0.3 is 24.0 Å². The number of esters is 3. The highest BCUT2D eigenvalue weighted by Crippen LogP contribution is 2.42. The Morgan fingerprint density at radius 1 is 0.891 bits per heavy atom. The lowest BCUT2D eigenvalue weighted by Gasteiger charge is -2.50. The van der Waals surface area contributed by atoms with Crippen molar-refractivity contribution in [3.63, 3.8) is 0 Å². The van der Waals surface area contributed by atoms with E-state index in [4.69, 9.17) is 47.4 Å². The molecule has 0 N–H and O–H groups in total. The van der Waals surface area contributed by atoms with Gasteiger partial charge in [0.15, 0.2) is 36.2 Å². The van der Waals surface area contributed by atoms with Crippen LogP contribution < -0.4 is 0 Å². The first-order chi connectivity index (χ1) is 29.8. The number of hydrogen-bond donors (Lipinski definition) is 0. The molecule has 2 fully saturated rings. The fourth-order valence-electron chi connectivity index (χ4n) is 9.64. The number of allylic oxidation sites excluding steroid dienone is 1. The Bertz CT molecular complexity index is 1810. The molecule has 3 aliphatic rings. The van der Waals surface area contributed by atoms with E-state index in [9.17, 15) is 24.0 Å². The van der Waals surface area contributed by atoms with Crippen LogP contribution in [0.2, 0.25) is 0 Å². The van der Waals surface area contributed by atoms with Gasteiger partial charge in [0.25, 0.3) is 0 Å². The van der Waals surface area contributed by atoms with Crippen LogP contribution in [0.4, 0.5) is 4.79 Å². The van der Waals surface area contributed by atoms with Gasteiger partial charge in [0.2, 0.25) is 0 Å². The molecular formula is C46H73N3O15. The first kappa shape index (κ1) is 52.8. The van der Waals surface area contributed by atoms with E-state index in [1.807, 2.05) is 39.8 Å². The van der Waals surface area contributed by atoms with E-state index in [2.05, 4.69) is 4.98 Å². The second-order valence-corrected chi connectivity index (χ2v) is 18.7. The predicted octanol–water partition coefficient (Wildman–Crippen LogP) is 5.42. The molecule has 0 amide bonds. The van der Waals surface area contributed by atoms with Crippen LogP contribution in [0.15, 0.2) is 30.4 Å². The summed E-state index contributed by atoms with van der Waals surface area (Å²) in [5.74, 6) is -4.59. The van der Waals surface area contributed by atoms with Gasteiger partial charge in [-0.15, -0.1) is 0 Å². The van der Waals surface area contributed by atoms with Crippen LogP contribution in [0.5, 0.6) is 0 Å². The molecule has 0 saturated carbocycles. The molecule has 64 heavy (non-hydrogen) atoms. The normalized spacial score (nSPS) is 40.1. The Balaban J connectivity index is 1.93. The van der Waals surface area contributed by atoms with Crippen molar-refractivity contribution < 1.29 is 71.3 Å². The predicted molar refractivity (Wildman–Crippen MR) is 231 cm³/mol. The lowest BCUT2D eigenvalue weighted by Crippen LogP contribution is -2.61. The van der Waals surface area contributed by atoms with Crippen LogP contribution >= 0.6 is 0 Å². The summed E-state index contributed by atoms with van der Waals surface area (Å²) >= 11 is 0. The molecule has 4 heterocycles. The van der Waals surface area contributed by atoms with Gasteiger partial charge in [-0.1, -0.05) is 20.8 Å². The standard InChI is InChI=1S/C46H73N3O15/c1-17-34-44(10,64-43(54)49-19-18-47-24-49)21-25(2)36(52)26(3)22-45(11,55-15)39(63-42-38(59-31(8)50)33(48(13)14)20-27(4)57-42)28(5)37(29(6)41(53)61-34)62-35-23-46(12,56-16)40(30(7)58-35)60-32(9)51/h18-19,21,24,26-30,33-35,37-40,42H,17,20,22-23H2,1-16H3/b25-21+/t26-,27-,28+,29-,30+,33+,34?,35+,37+,38-,39-,40+,42+,44+,45+,46-/m1/s1. The third-order valence-electron chi connectivity index (χ3n) is 13.1. The highest BCUT2D eigenvalue weighted by Gasteiger charge is 2.54. The molecule has 1 aromatic heterocycles. The fourth-order valence-corrected chi connectivity index (χ4v) is 9.64. The summed E-state index contributed by atoms with van der Waals surface area (Å²) in [6, 6.07) is -0.299. The van der Waals surface area contributed by atoms with E-state index in [-0.39, 0.29) is 42.8 Å². The minimum absolute atomic E-state index is 0.0849. The first-order valence-electron chi connectivity index (χ1n) is 22.2. The number of nitrogens with zero attached hydrogens (tertiary/aromatic N) is 3. The summed E-state index contributed by atoms with van der Waals surface area (Å²) in [6.07, 6.45) is -2.27. The Morgan fingerprint density at radius 2 is 1.52 bits per heavy atom. The number of aromatic nitrogens is 2. The monoisotopic (exact) mass is 908 g/mol. The first-order valence-corrected chi connectivity index (χ1v) is 22.2. The van der Waals surface area contributed by atoms with Crippen molar-refractivity contribution in [2.24, 2.45) is 17.8 Å². The molecule has 3 aliphatic heterocycles. The Labute approximate surface area is 378 Å². The minimum Gasteiger partial charge on any atom is -0.457 e. The van der Waals surface area contributed by atoms with Gasteiger partial charge in [-0.25, -0.2) is 14.3 Å². The molecule has 362 valence electrons. The van der Waals surface area contributed by atoms with Gasteiger partial charge in [-0.2, -0.15) is 0 Å². The number of cyclic esters (lactones) is 1. The molecule has 0 radical (unpaired) electrons. The van der Waals surface area contributed by atoms with Gasteiger partial charge in [0.05, 0.1) is 42.0 Å². The zero-order valence-electron chi connectivity index (χ0n) is 40.6. The number of imidazole rings is 1. The third-order valence-corrected chi connectivity index (χ3v) is 13.1. The largest absolute Gasteiger partial charge is 0.457 e. The molecule has 1 unspecified atom stereocenters. The molecule has 2 saturated heterocycles. The molecule has 0 aromatic carbocycles. The van der Waals surface area contributed by atoms with E-state index in [0.29, 0.717) is 6.42 Å². The molecule has 18 heteroatoms. The van der Waals surface area contributed by atoms with Crippen LogP contribution in [-0.4, -0.2) is 151 Å². The second-order valence-electron chi connectivity index (χ2n) is 18.7. The molecule has 4 rings (SSSR count). The van der Waals surface area contributed by atoms with E-state index >= 15 is 0 Å². The number of ketones is 1. The number of hydrogen-bond acceptors (Lipinski definition) is 17. The molecule has 18 nitrogen and oxygen atoms in total. The summed E-state index contributed by atoms with van der Waals surface area (Å²) in [5.41, 5.74) is -3.75. The number of carbonyl (C=O) groups excluding carboxylic acids is 5. The molecule has 1 aromatic rings. The fraction of sp³-hybridized carbons (Fsp3) is 0.783. The lowest BCUT2D eigenvalue weighted by atomic mass is 9.76. The van der Waals surface area contributed by atoms with Crippen LogP contribution in [0.1, 0.15) is 109 Å². The highest BCUT2D eigenvalue weighted by atomic mass is 16.7.